The fourth-order valence-electron chi connectivity index (χ4n) is 1.38. The lowest BCUT2D eigenvalue weighted by molar-refractivity contribution is 0.592. The van der Waals surface area contributed by atoms with Gasteiger partial charge in [0, 0.05) is 21.9 Å². The van der Waals surface area contributed by atoms with Crippen LogP contribution in [0.15, 0.2) is 16.6 Å². The van der Waals surface area contributed by atoms with Crippen LogP contribution in [0.2, 0.25) is 0 Å². The van der Waals surface area contributed by atoms with Crippen LogP contribution in [0.4, 0.5) is 5.69 Å². The van der Waals surface area contributed by atoms with Crippen LogP contribution in [0, 0.1) is 5.41 Å². The fraction of sp³-hybridized carbons (Fsp3) is 0.364. The first-order valence-electron chi connectivity index (χ1n) is 4.46. The van der Waals surface area contributed by atoms with Gasteiger partial charge in [-0.1, -0.05) is 36.7 Å². The zero-order valence-corrected chi connectivity index (χ0v) is 10.3. The van der Waals surface area contributed by atoms with Crippen LogP contribution in [-0.4, -0.2) is 6.21 Å². The van der Waals surface area contributed by atoms with Gasteiger partial charge in [0.2, 0.25) is 0 Å². The van der Waals surface area contributed by atoms with Gasteiger partial charge in [0.05, 0.1) is 0 Å². The van der Waals surface area contributed by atoms with Crippen LogP contribution in [0.25, 0.3) is 0 Å². The molecule has 0 bridgehead atoms. The molecule has 1 aromatic carbocycles. The third-order valence-corrected chi connectivity index (χ3v) is 2.60. The molecule has 3 heteroatoms. The summed E-state index contributed by atoms with van der Waals surface area (Å²) < 4.78 is 0.968. The Morgan fingerprint density at radius 1 is 1.36 bits per heavy atom. The van der Waals surface area contributed by atoms with Crippen LogP contribution in [0.1, 0.15) is 31.9 Å². The largest absolute Gasteiger partial charge is 0.398 e. The molecule has 0 atom stereocenters. The molecule has 0 aliphatic carbocycles. The first-order chi connectivity index (χ1) is 6.36. The smallest absolute Gasteiger partial charge is 0.0441 e. The highest BCUT2D eigenvalue weighted by Crippen LogP contribution is 2.32. The van der Waals surface area contributed by atoms with E-state index in [9.17, 15) is 0 Å². The number of benzene rings is 1. The lowest BCUT2D eigenvalue weighted by Gasteiger charge is -2.22. The van der Waals surface area contributed by atoms with E-state index in [1.54, 1.807) is 0 Å². The van der Waals surface area contributed by atoms with Crippen molar-refractivity contribution in [3.63, 3.8) is 0 Å². The highest BCUT2D eigenvalue weighted by atomic mass is 79.9. The molecule has 0 aliphatic heterocycles. The lowest BCUT2D eigenvalue weighted by Crippen LogP contribution is -2.15. The Kier molecular flexibility index (Phi) is 3.00. The quantitative estimate of drug-likeness (QED) is 0.587. The van der Waals surface area contributed by atoms with Gasteiger partial charge < -0.3 is 11.1 Å². The molecule has 0 aromatic heterocycles. The van der Waals surface area contributed by atoms with Gasteiger partial charge in [-0.15, -0.1) is 0 Å². The molecular formula is C11H15BrN2. The van der Waals surface area contributed by atoms with Crippen LogP contribution in [-0.2, 0) is 5.41 Å². The van der Waals surface area contributed by atoms with Crippen molar-refractivity contribution in [2.24, 2.45) is 0 Å². The van der Waals surface area contributed by atoms with E-state index in [1.807, 2.05) is 12.1 Å². The Balaban J connectivity index is 3.44. The molecule has 3 N–H and O–H groups in total. The second-order valence-electron chi connectivity index (χ2n) is 4.35. The molecule has 0 fully saturated rings. The number of halogens is 1. The summed E-state index contributed by atoms with van der Waals surface area (Å²) in [5, 5.41) is 7.26. The third kappa shape index (κ3) is 2.15. The number of nitrogens with two attached hydrogens (primary N) is 1. The van der Waals surface area contributed by atoms with Crippen molar-refractivity contribution < 1.29 is 0 Å². The predicted molar refractivity (Wildman–Crippen MR) is 65.1 cm³/mol. The molecule has 0 aliphatic rings. The summed E-state index contributed by atoms with van der Waals surface area (Å²) in [7, 11) is 0. The molecule has 1 aromatic rings. The van der Waals surface area contributed by atoms with E-state index in [0.717, 1.165) is 15.6 Å². The van der Waals surface area contributed by atoms with Crippen molar-refractivity contribution in [1.82, 2.24) is 0 Å². The van der Waals surface area contributed by atoms with E-state index in [-0.39, 0.29) is 5.41 Å². The highest BCUT2D eigenvalue weighted by Gasteiger charge is 2.18. The van der Waals surface area contributed by atoms with E-state index in [0.29, 0.717) is 5.69 Å². The van der Waals surface area contributed by atoms with Crippen LogP contribution >= 0.6 is 15.9 Å². The van der Waals surface area contributed by atoms with Gasteiger partial charge in [0.15, 0.2) is 0 Å². The fourth-order valence-corrected chi connectivity index (χ4v) is 1.85. The topological polar surface area (TPSA) is 49.9 Å². The van der Waals surface area contributed by atoms with Crippen molar-refractivity contribution in [3.05, 3.63) is 27.7 Å². The normalized spacial score (nSPS) is 11.4. The standard InChI is InChI=1S/C11H15BrN2/c1-11(2,3)9-5-8(12)4-7(6-13)10(9)14/h4-6,13H,14H2,1-3H3. The summed E-state index contributed by atoms with van der Waals surface area (Å²) in [6, 6.07) is 3.87. The Morgan fingerprint density at radius 3 is 2.36 bits per heavy atom. The Morgan fingerprint density at radius 2 is 1.93 bits per heavy atom. The average Bonchev–Trinajstić information content (AvgIpc) is 2.06. The van der Waals surface area contributed by atoms with E-state index >= 15 is 0 Å². The molecule has 1 rings (SSSR count). The van der Waals surface area contributed by atoms with Crippen LogP contribution < -0.4 is 5.73 Å². The minimum atomic E-state index is 0.00558. The van der Waals surface area contributed by atoms with Gasteiger partial charge in [0.1, 0.15) is 0 Å². The number of rotatable bonds is 1. The third-order valence-electron chi connectivity index (χ3n) is 2.14. The molecule has 0 saturated carbocycles. The number of anilines is 1. The summed E-state index contributed by atoms with van der Waals surface area (Å²) in [5.41, 5.74) is 8.53. The molecule has 0 spiro atoms. The highest BCUT2D eigenvalue weighted by molar-refractivity contribution is 9.10. The molecule has 0 amide bonds. The van der Waals surface area contributed by atoms with Gasteiger partial charge >= 0.3 is 0 Å². The minimum absolute atomic E-state index is 0.00558. The number of hydrogen-bond acceptors (Lipinski definition) is 2. The summed E-state index contributed by atoms with van der Waals surface area (Å²) >= 11 is 3.42. The second-order valence-corrected chi connectivity index (χ2v) is 5.27. The Bertz CT molecular complexity index is 364. The van der Waals surface area contributed by atoms with Gasteiger partial charge in [-0.2, -0.15) is 0 Å². The Labute approximate surface area is 93.1 Å². The average molecular weight is 255 g/mol. The molecule has 0 radical (unpaired) electrons. The van der Waals surface area contributed by atoms with Crippen LogP contribution in [0.3, 0.4) is 0 Å². The monoisotopic (exact) mass is 254 g/mol. The van der Waals surface area contributed by atoms with Crippen molar-refractivity contribution in [2.45, 2.75) is 26.2 Å². The second kappa shape index (κ2) is 3.73. The van der Waals surface area contributed by atoms with Crippen LogP contribution in [0.5, 0.6) is 0 Å². The van der Waals surface area contributed by atoms with E-state index in [1.165, 1.54) is 6.21 Å². The summed E-state index contributed by atoms with van der Waals surface area (Å²) in [6.07, 6.45) is 1.29. The maximum absolute atomic E-state index is 7.26. The maximum Gasteiger partial charge on any atom is 0.0441 e. The predicted octanol–water partition coefficient (Wildman–Crippen LogP) is 3.33. The number of nitrogens with one attached hydrogen (secondary N) is 1. The summed E-state index contributed by atoms with van der Waals surface area (Å²) in [6.45, 7) is 6.33. The molecular weight excluding hydrogens is 240 g/mol. The van der Waals surface area contributed by atoms with Gasteiger partial charge in [-0.3, -0.25) is 0 Å². The van der Waals surface area contributed by atoms with E-state index in [2.05, 4.69) is 36.7 Å². The first kappa shape index (κ1) is 11.2. The summed E-state index contributed by atoms with van der Waals surface area (Å²) in [5.74, 6) is 0. The summed E-state index contributed by atoms with van der Waals surface area (Å²) in [4.78, 5) is 0. The van der Waals surface area contributed by atoms with Gasteiger partial charge in [0.25, 0.3) is 0 Å². The minimum Gasteiger partial charge on any atom is -0.398 e. The molecule has 0 heterocycles. The SMILES string of the molecule is CC(C)(C)c1cc(Br)cc(C=N)c1N. The van der Waals surface area contributed by atoms with E-state index in [4.69, 9.17) is 11.1 Å². The number of hydrogen-bond donors (Lipinski definition) is 2. The molecule has 76 valence electrons. The van der Waals surface area contributed by atoms with Crippen molar-refractivity contribution in [2.75, 3.05) is 5.73 Å². The van der Waals surface area contributed by atoms with Gasteiger partial charge in [-0.05, 0) is 23.1 Å². The Hall–Kier alpha value is -0.830. The lowest BCUT2D eigenvalue weighted by atomic mass is 9.85. The van der Waals surface area contributed by atoms with Crippen molar-refractivity contribution in [1.29, 1.82) is 5.41 Å². The maximum atomic E-state index is 7.26. The van der Waals surface area contributed by atoms with E-state index < -0.39 is 0 Å². The van der Waals surface area contributed by atoms with Crippen molar-refractivity contribution >= 4 is 27.8 Å². The molecule has 0 saturated heterocycles. The zero-order valence-electron chi connectivity index (χ0n) is 8.69. The van der Waals surface area contributed by atoms with Gasteiger partial charge in [-0.25, -0.2) is 0 Å². The number of nitrogen functional groups attached to an aromatic ring is 1. The van der Waals surface area contributed by atoms with Crippen molar-refractivity contribution in [3.8, 4) is 0 Å². The first-order valence-corrected chi connectivity index (χ1v) is 5.25. The zero-order chi connectivity index (χ0) is 10.9. The molecule has 0 unspecified atom stereocenters. The molecule has 2 nitrogen and oxygen atoms in total. The molecule has 14 heavy (non-hydrogen) atoms.